The Hall–Kier alpha value is -2.60. The summed E-state index contributed by atoms with van der Waals surface area (Å²) >= 11 is 6.07. The van der Waals surface area contributed by atoms with Crippen molar-refractivity contribution in [2.45, 2.75) is 26.2 Å². The Bertz CT molecular complexity index is 835. The SMILES string of the molecule is Cc1nc(OCCNC(=O)/C=C/c2ccccc2Cl)cc(N2CCCCC2)n1. The lowest BCUT2D eigenvalue weighted by Gasteiger charge is -2.28. The molecule has 1 fully saturated rings. The van der Waals surface area contributed by atoms with Crippen LogP contribution in [0, 0.1) is 6.92 Å². The van der Waals surface area contributed by atoms with Crippen LogP contribution in [0.3, 0.4) is 0 Å². The van der Waals surface area contributed by atoms with Crippen molar-refractivity contribution in [1.29, 1.82) is 0 Å². The van der Waals surface area contributed by atoms with E-state index in [1.54, 1.807) is 12.1 Å². The van der Waals surface area contributed by atoms with Gasteiger partial charge in [0, 0.05) is 30.3 Å². The minimum Gasteiger partial charge on any atom is -0.476 e. The van der Waals surface area contributed by atoms with E-state index in [1.165, 1.54) is 25.3 Å². The van der Waals surface area contributed by atoms with E-state index >= 15 is 0 Å². The van der Waals surface area contributed by atoms with Crippen LogP contribution < -0.4 is 15.0 Å². The highest BCUT2D eigenvalue weighted by molar-refractivity contribution is 6.32. The molecule has 0 saturated carbocycles. The van der Waals surface area contributed by atoms with Gasteiger partial charge in [0.1, 0.15) is 18.2 Å². The minimum absolute atomic E-state index is 0.198. The summed E-state index contributed by atoms with van der Waals surface area (Å²) in [7, 11) is 0. The molecule has 0 spiro atoms. The highest BCUT2D eigenvalue weighted by Gasteiger charge is 2.14. The second-order valence-corrected chi connectivity index (χ2v) is 7.06. The maximum Gasteiger partial charge on any atom is 0.244 e. The number of nitrogens with zero attached hydrogens (tertiary/aromatic N) is 3. The van der Waals surface area contributed by atoms with Gasteiger partial charge >= 0.3 is 0 Å². The fourth-order valence-corrected chi connectivity index (χ4v) is 3.25. The van der Waals surface area contributed by atoms with Crippen molar-refractivity contribution < 1.29 is 9.53 Å². The minimum atomic E-state index is -0.198. The summed E-state index contributed by atoms with van der Waals surface area (Å²) < 4.78 is 5.71. The Labute approximate surface area is 170 Å². The first kappa shape index (κ1) is 20.1. The summed E-state index contributed by atoms with van der Waals surface area (Å²) in [6.45, 7) is 4.62. The van der Waals surface area contributed by atoms with Crippen LogP contribution in [0.25, 0.3) is 6.08 Å². The summed E-state index contributed by atoms with van der Waals surface area (Å²) in [4.78, 5) is 23.0. The molecule has 1 saturated heterocycles. The molecule has 6 nitrogen and oxygen atoms in total. The quantitative estimate of drug-likeness (QED) is 0.567. The third-order valence-electron chi connectivity index (χ3n) is 4.45. The first-order valence-electron chi connectivity index (χ1n) is 9.56. The van der Waals surface area contributed by atoms with Crippen LogP contribution in [0.5, 0.6) is 5.88 Å². The molecule has 2 aromatic rings. The van der Waals surface area contributed by atoms with Gasteiger partial charge in [0.15, 0.2) is 0 Å². The van der Waals surface area contributed by atoms with Crippen molar-refractivity contribution >= 4 is 29.4 Å². The molecule has 1 N–H and O–H groups in total. The summed E-state index contributed by atoms with van der Waals surface area (Å²) in [5, 5.41) is 3.40. The Morgan fingerprint density at radius 3 is 2.82 bits per heavy atom. The molecular weight excluding hydrogens is 376 g/mol. The number of benzene rings is 1. The van der Waals surface area contributed by atoms with Crippen molar-refractivity contribution in [3.63, 3.8) is 0 Å². The summed E-state index contributed by atoms with van der Waals surface area (Å²) in [6.07, 6.45) is 6.80. The van der Waals surface area contributed by atoms with E-state index in [0.29, 0.717) is 29.9 Å². The van der Waals surface area contributed by atoms with Crippen LogP contribution in [0.2, 0.25) is 5.02 Å². The topological polar surface area (TPSA) is 67.3 Å². The van der Waals surface area contributed by atoms with Crippen LogP contribution in [-0.4, -0.2) is 42.1 Å². The lowest BCUT2D eigenvalue weighted by atomic mass is 10.1. The van der Waals surface area contributed by atoms with Gasteiger partial charge in [-0.25, -0.2) is 4.98 Å². The molecule has 28 heavy (non-hydrogen) atoms. The van der Waals surface area contributed by atoms with Crippen LogP contribution >= 0.6 is 11.6 Å². The van der Waals surface area contributed by atoms with Crippen molar-refractivity contribution in [2.75, 3.05) is 31.1 Å². The van der Waals surface area contributed by atoms with Gasteiger partial charge in [0.25, 0.3) is 0 Å². The third kappa shape index (κ3) is 5.96. The second kappa shape index (κ2) is 10.1. The predicted octanol–water partition coefficient (Wildman–Crippen LogP) is 3.64. The molecule has 7 heteroatoms. The highest BCUT2D eigenvalue weighted by atomic mass is 35.5. The standard InChI is InChI=1S/C21H25ClN4O2/c1-16-24-19(26-12-5-2-6-13-26)15-21(25-16)28-14-11-23-20(27)10-9-17-7-3-4-8-18(17)22/h3-4,7-10,15H,2,5-6,11-14H2,1H3,(H,23,27)/b10-9+. The second-order valence-electron chi connectivity index (χ2n) is 6.65. The number of amides is 1. The maximum atomic E-state index is 11.9. The molecule has 2 heterocycles. The number of halogens is 1. The number of nitrogens with one attached hydrogen (secondary N) is 1. The molecule has 0 unspecified atom stereocenters. The first-order valence-corrected chi connectivity index (χ1v) is 9.93. The van der Waals surface area contributed by atoms with Gasteiger partial charge in [-0.2, -0.15) is 4.98 Å². The Balaban J connectivity index is 1.46. The van der Waals surface area contributed by atoms with E-state index in [4.69, 9.17) is 16.3 Å². The maximum absolute atomic E-state index is 11.9. The number of carbonyl (C=O) groups excluding carboxylic acids is 1. The van der Waals surface area contributed by atoms with Crippen LogP contribution in [0.15, 0.2) is 36.4 Å². The van der Waals surface area contributed by atoms with Crippen LogP contribution in [0.1, 0.15) is 30.7 Å². The predicted molar refractivity (Wildman–Crippen MR) is 112 cm³/mol. The number of aryl methyl sites for hydroxylation is 1. The van der Waals surface area contributed by atoms with Gasteiger partial charge in [-0.05, 0) is 43.9 Å². The summed E-state index contributed by atoms with van der Waals surface area (Å²) in [6, 6.07) is 9.24. The average Bonchev–Trinajstić information content (AvgIpc) is 2.71. The molecule has 0 atom stereocenters. The zero-order valence-corrected chi connectivity index (χ0v) is 16.8. The molecule has 1 aliphatic rings. The van der Waals surface area contributed by atoms with Gasteiger partial charge in [-0.1, -0.05) is 29.8 Å². The van der Waals surface area contributed by atoms with E-state index in [2.05, 4.69) is 20.2 Å². The number of hydrogen-bond donors (Lipinski definition) is 1. The average molecular weight is 401 g/mol. The molecule has 1 aromatic heterocycles. The molecule has 3 rings (SSSR count). The Morgan fingerprint density at radius 2 is 2.04 bits per heavy atom. The van der Waals surface area contributed by atoms with Gasteiger partial charge in [0.05, 0.1) is 6.54 Å². The Morgan fingerprint density at radius 1 is 1.25 bits per heavy atom. The summed E-state index contributed by atoms with van der Waals surface area (Å²) in [5.74, 6) is 1.93. The number of anilines is 1. The fraction of sp³-hybridized carbons (Fsp3) is 0.381. The first-order chi connectivity index (χ1) is 13.6. The molecule has 0 aliphatic carbocycles. The lowest BCUT2D eigenvalue weighted by Crippen LogP contribution is -2.30. The van der Waals surface area contributed by atoms with Crippen molar-refractivity contribution in [1.82, 2.24) is 15.3 Å². The Kier molecular flexibility index (Phi) is 7.25. The van der Waals surface area contributed by atoms with E-state index in [0.717, 1.165) is 24.5 Å². The molecule has 1 aromatic carbocycles. The normalized spacial score (nSPS) is 14.3. The van der Waals surface area contributed by atoms with E-state index in [1.807, 2.05) is 31.2 Å². The van der Waals surface area contributed by atoms with Crippen molar-refractivity contribution in [2.24, 2.45) is 0 Å². The molecule has 0 radical (unpaired) electrons. The third-order valence-corrected chi connectivity index (χ3v) is 4.80. The number of carbonyl (C=O) groups is 1. The van der Waals surface area contributed by atoms with Crippen molar-refractivity contribution in [3.8, 4) is 5.88 Å². The van der Waals surface area contributed by atoms with Gasteiger partial charge < -0.3 is 15.0 Å². The monoisotopic (exact) mass is 400 g/mol. The smallest absolute Gasteiger partial charge is 0.244 e. The molecule has 0 bridgehead atoms. The number of rotatable bonds is 7. The number of aromatic nitrogens is 2. The summed E-state index contributed by atoms with van der Waals surface area (Å²) in [5.41, 5.74) is 0.803. The van der Waals surface area contributed by atoms with Crippen LogP contribution in [0.4, 0.5) is 5.82 Å². The van der Waals surface area contributed by atoms with Crippen molar-refractivity contribution in [3.05, 3.63) is 52.8 Å². The largest absolute Gasteiger partial charge is 0.476 e. The molecular formula is C21H25ClN4O2. The lowest BCUT2D eigenvalue weighted by molar-refractivity contribution is -0.116. The van der Waals surface area contributed by atoms with E-state index < -0.39 is 0 Å². The molecule has 1 amide bonds. The molecule has 148 valence electrons. The zero-order valence-electron chi connectivity index (χ0n) is 16.0. The van der Waals surface area contributed by atoms with Crippen LogP contribution in [-0.2, 0) is 4.79 Å². The van der Waals surface area contributed by atoms with Gasteiger partial charge in [-0.3, -0.25) is 4.79 Å². The number of piperidine rings is 1. The van der Waals surface area contributed by atoms with E-state index in [-0.39, 0.29) is 5.91 Å². The fourth-order valence-electron chi connectivity index (χ4n) is 3.05. The number of hydrogen-bond acceptors (Lipinski definition) is 5. The molecule has 1 aliphatic heterocycles. The van der Waals surface area contributed by atoms with Gasteiger partial charge in [0.2, 0.25) is 11.8 Å². The zero-order chi connectivity index (χ0) is 19.8. The number of ether oxygens (including phenoxy) is 1. The highest BCUT2D eigenvalue weighted by Crippen LogP contribution is 2.21. The van der Waals surface area contributed by atoms with Gasteiger partial charge in [-0.15, -0.1) is 0 Å². The van der Waals surface area contributed by atoms with E-state index in [9.17, 15) is 4.79 Å².